The van der Waals surface area contributed by atoms with Crippen LogP contribution in [-0.4, -0.2) is 30.0 Å². The largest absolute Gasteiger partial charge is 0.493 e. The van der Waals surface area contributed by atoms with Crippen molar-refractivity contribution in [2.75, 3.05) is 14.2 Å². The third kappa shape index (κ3) is 2.83. The number of ether oxygens (including phenoxy) is 2. The van der Waals surface area contributed by atoms with E-state index in [0.29, 0.717) is 38.7 Å². The zero-order chi connectivity index (χ0) is 16.4. The molecule has 0 amide bonds. The smallest absolute Gasteiger partial charge is 0.212 e. The lowest BCUT2D eigenvalue weighted by molar-refractivity contribution is 0.103. The Labute approximate surface area is 137 Å². The number of hydrogen-bond acceptors (Lipinski definition) is 5. The first-order valence-electron chi connectivity index (χ1n) is 6.81. The predicted molar refractivity (Wildman–Crippen MR) is 87.5 cm³/mol. The third-order valence-corrected chi connectivity index (χ3v) is 3.71. The number of nitrogens with zero attached hydrogens (tertiary/aromatic N) is 2. The van der Waals surface area contributed by atoms with Crippen molar-refractivity contribution in [1.82, 2.24) is 9.97 Å². The summed E-state index contributed by atoms with van der Waals surface area (Å²) in [7, 11) is 3.08. The minimum Gasteiger partial charge on any atom is -0.493 e. The Morgan fingerprint density at radius 1 is 1.00 bits per heavy atom. The maximum absolute atomic E-state index is 12.7. The van der Waals surface area contributed by atoms with Gasteiger partial charge in [-0.2, -0.15) is 0 Å². The van der Waals surface area contributed by atoms with Crippen LogP contribution in [0.1, 0.15) is 16.1 Å². The van der Waals surface area contributed by atoms with E-state index in [2.05, 4.69) is 9.97 Å². The van der Waals surface area contributed by atoms with Crippen molar-refractivity contribution in [3.63, 3.8) is 0 Å². The topological polar surface area (TPSA) is 61.3 Å². The Balaban J connectivity index is 2.17. The fourth-order valence-corrected chi connectivity index (χ4v) is 2.43. The summed E-state index contributed by atoms with van der Waals surface area (Å²) in [5.41, 5.74) is 1.41. The van der Waals surface area contributed by atoms with E-state index in [-0.39, 0.29) is 5.78 Å². The average Bonchev–Trinajstić information content (AvgIpc) is 2.60. The van der Waals surface area contributed by atoms with Gasteiger partial charge < -0.3 is 9.47 Å². The van der Waals surface area contributed by atoms with Crippen molar-refractivity contribution in [3.05, 3.63) is 59.0 Å². The van der Waals surface area contributed by atoms with Gasteiger partial charge in [0.1, 0.15) is 12.0 Å². The lowest BCUT2D eigenvalue weighted by atomic mass is 10.0. The highest BCUT2D eigenvalue weighted by molar-refractivity contribution is 6.30. The number of carbonyl (C=O) groups is 1. The van der Waals surface area contributed by atoms with Gasteiger partial charge in [-0.25, -0.2) is 9.97 Å². The predicted octanol–water partition coefficient (Wildman–Crippen LogP) is 3.53. The number of fused-ring (bicyclic) bond motifs is 1. The molecule has 2 aromatic carbocycles. The highest BCUT2D eigenvalue weighted by Crippen LogP contribution is 2.32. The van der Waals surface area contributed by atoms with Crippen LogP contribution in [0.3, 0.4) is 0 Å². The van der Waals surface area contributed by atoms with E-state index in [1.807, 2.05) is 0 Å². The van der Waals surface area contributed by atoms with Crippen LogP contribution in [0.25, 0.3) is 10.9 Å². The Bertz CT molecular complexity index is 879. The summed E-state index contributed by atoms with van der Waals surface area (Å²) in [5, 5.41) is 1.17. The number of hydrogen-bond donors (Lipinski definition) is 0. The molecule has 0 bridgehead atoms. The molecule has 0 radical (unpaired) electrons. The van der Waals surface area contributed by atoms with Crippen molar-refractivity contribution in [2.45, 2.75) is 0 Å². The molecule has 0 unspecified atom stereocenters. The first-order chi connectivity index (χ1) is 11.1. The van der Waals surface area contributed by atoms with Gasteiger partial charge in [0.15, 0.2) is 11.5 Å². The molecule has 0 N–H and O–H groups in total. The second kappa shape index (κ2) is 6.22. The molecule has 0 fully saturated rings. The van der Waals surface area contributed by atoms with Crippen molar-refractivity contribution < 1.29 is 14.3 Å². The normalized spacial score (nSPS) is 10.6. The minimum atomic E-state index is -0.207. The van der Waals surface area contributed by atoms with Crippen LogP contribution in [0.15, 0.2) is 42.7 Å². The van der Waals surface area contributed by atoms with Crippen LogP contribution in [0.4, 0.5) is 0 Å². The molecule has 1 aromatic heterocycles. The summed E-state index contributed by atoms with van der Waals surface area (Å²) in [4.78, 5) is 21.1. The number of benzene rings is 2. The monoisotopic (exact) mass is 328 g/mol. The van der Waals surface area contributed by atoms with Gasteiger partial charge >= 0.3 is 0 Å². The zero-order valence-corrected chi connectivity index (χ0v) is 13.3. The van der Waals surface area contributed by atoms with E-state index in [9.17, 15) is 4.79 Å². The molecule has 3 rings (SSSR count). The molecule has 0 saturated carbocycles. The van der Waals surface area contributed by atoms with Gasteiger partial charge in [-0.15, -0.1) is 0 Å². The maximum atomic E-state index is 12.7. The first kappa shape index (κ1) is 15.2. The molecule has 1 heterocycles. The van der Waals surface area contributed by atoms with E-state index in [1.165, 1.54) is 13.4 Å². The van der Waals surface area contributed by atoms with E-state index in [4.69, 9.17) is 21.1 Å². The van der Waals surface area contributed by atoms with Crippen LogP contribution in [0, 0.1) is 0 Å². The number of aromatic nitrogens is 2. The van der Waals surface area contributed by atoms with Crippen LogP contribution >= 0.6 is 11.6 Å². The molecule has 116 valence electrons. The Kier molecular flexibility index (Phi) is 4.12. The van der Waals surface area contributed by atoms with Crippen molar-refractivity contribution in [2.24, 2.45) is 0 Å². The van der Waals surface area contributed by atoms with Crippen molar-refractivity contribution in [3.8, 4) is 11.5 Å². The van der Waals surface area contributed by atoms with Gasteiger partial charge in [0.05, 0.1) is 19.7 Å². The molecular weight excluding hydrogens is 316 g/mol. The lowest BCUT2D eigenvalue weighted by Gasteiger charge is -2.10. The Morgan fingerprint density at radius 2 is 1.65 bits per heavy atom. The van der Waals surface area contributed by atoms with E-state index < -0.39 is 0 Å². The molecule has 6 heteroatoms. The number of halogens is 1. The van der Waals surface area contributed by atoms with E-state index >= 15 is 0 Å². The van der Waals surface area contributed by atoms with Gasteiger partial charge in [-0.1, -0.05) is 11.6 Å². The summed E-state index contributed by atoms with van der Waals surface area (Å²) >= 11 is 5.86. The van der Waals surface area contributed by atoms with Crippen LogP contribution in [0.2, 0.25) is 5.02 Å². The van der Waals surface area contributed by atoms with E-state index in [0.717, 1.165) is 0 Å². The Morgan fingerprint density at radius 3 is 2.30 bits per heavy atom. The molecule has 0 aliphatic carbocycles. The van der Waals surface area contributed by atoms with Crippen LogP contribution < -0.4 is 9.47 Å². The number of rotatable bonds is 4. The summed E-state index contributed by atoms with van der Waals surface area (Å²) in [6, 6.07) is 10.1. The molecule has 5 nitrogen and oxygen atoms in total. The zero-order valence-electron chi connectivity index (χ0n) is 12.5. The number of ketones is 1. The molecule has 0 aliphatic heterocycles. The van der Waals surface area contributed by atoms with Gasteiger partial charge in [0, 0.05) is 22.0 Å². The summed E-state index contributed by atoms with van der Waals surface area (Å²) in [6.45, 7) is 0. The number of carbonyl (C=O) groups excluding carboxylic acids is 1. The quantitative estimate of drug-likeness (QED) is 0.686. The molecule has 0 saturated heterocycles. The van der Waals surface area contributed by atoms with Crippen LogP contribution in [0.5, 0.6) is 11.5 Å². The SMILES string of the molecule is COc1cc2ncnc(C(=O)c3ccc(Cl)cc3)c2cc1OC. The third-order valence-electron chi connectivity index (χ3n) is 3.46. The molecule has 3 aromatic rings. The molecule has 0 spiro atoms. The van der Waals surface area contributed by atoms with Gasteiger partial charge in [-0.3, -0.25) is 4.79 Å². The van der Waals surface area contributed by atoms with Gasteiger partial charge in [-0.05, 0) is 30.3 Å². The fraction of sp³-hybridized carbons (Fsp3) is 0.118. The molecule has 0 aliphatic rings. The molecular formula is C17H13ClN2O3. The summed E-state index contributed by atoms with van der Waals surface area (Å²) in [5.74, 6) is 0.852. The second-order valence-corrected chi connectivity index (χ2v) is 5.22. The second-order valence-electron chi connectivity index (χ2n) is 4.78. The Hall–Kier alpha value is -2.66. The first-order valence-corrected chi connectivity index (χ1v) is 7.19. The van der Waals surface area contributed by atoms with Crippen molar-refractivity contribution in [1.29, 1.82) is 0 Å². The maximum Gasteiger partial charge on any atom is 0.212 e. The highest BCUT2D eigenvalue weighted by atomic mass is 35.5. The van der Waals surface area contributed by atoms with E-state index in [1.54, 1.807) is 43.5 Å². The summed E-state index contributed by atoms with van der Waals surface area (Å²) in [6.07, 6.45) is 1.36. The van der Waals surface area contributed by atoms with Crippen LogP contribution in [-0.2, 0) is 0 Å². The number of methoxy groups -OCH3 is 2. The average molecular weight is 329 g/mol. The fourth-order valence-electron chi connectivity index (χ4n) is 2.30. The summed E-state index contributed by atoms with van der Waals surface area (Å²) < 4.78 is 10.5. The lowest BCUT2D eigenvalue weighted by Crippen LogP contribution is -2.06. The van der Waals surface area contributed by atoms with Crippen molar-refractivity contribution >= 4 is 28.3 Å². The van der Waals surface area contributed by atoms with Gasteiger partial charge in [0.25, 0.3) is 0 Å². The molecule has 0 atom stereocenters. The van der Waals surface area contributed by atoms with Gasteiger partial charge in [0.2, 0.25) is 5.78 Å². The minimum absolute atomic E-state index is 0.207. The standard InChI is InChI=1S/C17H13ClN2O3/c1-22-14-7-12-13(8-15(14)23-2)19-9-20-16(12)17(21)10-3-5-11(18)6-4-10/h3-9H,1-2H3. The highest BCUT2D eigenvalue weighted by Gasteiger charge is 2.17. The molecule has 23 heavy (non-hydrogen) atoms.